The molecule has 0 N–H and O–H groups in total. The Hall–Kier alpha value is -3.46. The Kier molecular flexibility index (Phi) is 5.72. The minimum atomic E-state index is -0.117. The maximum atomic E-state index is 13.5. The van der Waals surface area contributed by atoms with E-state index in [1.165, 1.54) is 11.8 Å². The summed E-state index contributed by atoms with van der Waals surface area (Å²) in [5.74, 6) is 2.23. The fourth-order valence-corrected chi connectivity index (χ4v) is 4.64. The molecule has 0 bridgehead atoms. The molecule has 0 atom stereocenters. The monoisotopic (exact) mass is 460 g/mol. The zero-order chi connectivity index (χ0) is 22.9. The fourth-order valence-electron chi connectivity index (χ4n) is 3.86. The number of thioether (sulfide) groups is 1. The van der Waals surface area contributed by atoms with Crippen molar-refractivity contribution >= 4 is 28.4 Å². The lowest BCUT2D eigenvalue weighted by Crippen LogP contribution is -2.22. The average molecular weight is 461 g/mol. The van der Waals surface area contributed by atoms with Crippen LogP contribution in [0.4, 0.5) is 0 Å². The Morgan fingerprint density at radius 1 is 1.09 bits per heavy atom. The van der Waals surface area contributed by atoms with E-state index in [-0.39, 0.29) is 5.56 Å². The van der Waals surface area contributed by atoms with Crippen LogP contribution in [0.2, 0.25) is 0 Å². The molecule has 33 heavy (non-hydrogen) atoms. The summed E-state index contributed by atoms with van der Waals surface area (Å²) in [5.41, 5.74) is 3.51. The van der Waals surface area contributed by atoms with E-state index >= 15 is 0 Å². The highest BCUT2D eigenvalue weighted by Gasteiger charge is 2.19. The minimum Gasteiger partial charge on any atom is -0.338 e. The first-order chi connectivity index (χ1) is 16.1. The average Bonchev–Trinajstić information content (AvgIpc) is 3.45. The highest BCUT2D eigenvalue weighted by molar-refractivity contribution is 7.98. The van der Waals surface area contributed by atoms with E-state index in [2.05, 4.69) is 27.3 Å². The lowest BCUT2D eigenvalue weighted by atomic mass is 10.1. The first-order valence-electron chi connectivity index (χ1n) is 11.0. The molecular weight excluding hydrogens is 436 g/mol. The van der Waals surface area contributed by atoms with Gasteiger partial charge in [0.1, 0.15) is 0 Å². The second-order valence-electron chi connectivity index (χ2n) is 8.06. The second-order valence-corrected chi connectivity index (χ2v) is 9.00. The number of hydrogen-bond acceptors (Lipinski definition) is 7. The smallest absolute Gasteiger partial charge is 0.267 e. The maximum absolute atomic E-state index is 13.5. The molecule has 3 aromatic heterocycles. The van der Waals surface area contributed by atoms with E-state index in [9.17, 15) is 4.79 Å². The molecule has 0 aliphatic rings. The van der Waals surface area contributed by atoms with Crippen molar-refractivity contribution < 1.29 is 4.52 Å². The Morgan fingerprint density at radius 2 is 1.94 bits per heavy atom. The first kappa shape index (κ1) is 21.4. The van der Waals surface area contributed by atoms with E-state index < -0.39 is 0 Å². The Labute approximate surface area is 194 Å². The number of aromatic nitrogens is 6. The molecule has 0 aliphatic heterocycles. The van der Waals surface area contributed by atoms with Crippen LogP contribution in [0.5, 0.6) is 0 Å². The van der Waals surface area contributed by atoms with Crippen molar-refractivity contribution in [1.29, 1.82) is 0 Å². The Balaban J connectivity index is 1.62. The molecule has 0 amide bonds. The van der Waals surface area contributed by atoms with Crippen LogP contribution in [-0.2, 0) is 12.2 Å². The van der Waals surface area contributed by atoms with Crippen molar-refractivity contribution in [2.24, 2.45) is 0 Å². The molecule has 0 radical (unpaired) electrons. The number of para-hydroxylation sites is 1. The number of nitrogens with zero attached hydrogens (tertiary/aromatic N) is 6. The quantitative estimate of drug-likeness (QED) is 0.326. The number of hydrogen-bond donors (Lipinski definition) is 0. The van der Waals surface area contributed by atoms with Crippen LogP contribution in [0.1, 0.15) is 42.6 Å². The Morgan fingerprint density at radius 3 is 2.79 bits per heavy atom. The second kappa shape index (κ2) is 8.82. The molecule has 5 aromatic rings. The van der Waals surface area contributed by atoms with Crippen LogP contribution < -0.4 is 5.56 Å². The van der Waals surface area contributed by atoms with E-state index in [4.69, 9.17) is 4.52 Å². The number of aryl methyl sites for hydroxylation is 3. The highest BCUT2D eigenvalue weighted by Crippen LogP contribution is 2.26. The summed E-state index contributed by atoms with van der Waals surface area (Å²) in [6, 6.07) is 13.6. The summed E-state index contributed by atoms with van der Waals surface area (Å²) in [6.07, 6.45) is 2.92. The largest absolute Gasteiger partial charge is 0.338 e. The topological polar surface area (TPSA) is 91.1 Å². The lowest BCUT2D eigenvalue weighted by molar-refractivity contribution is 0.384. The first-order valence-corrected chi connectivity index (χ1v) is 12.0. The van der Waals surface area contributed by atoms with Crippen molar-refractivity contribution in [3.8, 4) is 5.69 Å². The van der Waals surface area contributed by atoms with Crippen LogP contribution in [0.3, 0.4) is 0 Å². The van der Waals surface area contributed by atoms with Crippen LogP contribution >= 0.6 is 11.8 Å². The summed E-state index contributed by atoms with van der Waals surface area (Å²) in [6.45, 7) is 6.14. The molecular formula is C24H24N6O2S. The van der Waals surface area contributed by atoms with Crippen LogP contribution in [0, 0.1) is 13.8 Å². The maximum Gasteiger partial charge on any atom is 0.267 e. The van der Waals surface area contributed by atoms with Gasteiger partial charge < -0.3 is 4.52 Å². The zero-order valence-electron chi connectivity index (χ0n) is 18.8. The molecule has 8 nitrogen and oxygen atoms in total. The van der Waals surface area contributed by atoms with Gasteiger partial charge in [-0.2, -0.15) is 4.98 Å². The van der Waals surface area contributed by atoms with Crippen molar-refractivity contribution in [2.45, 2.75) is 50.9 Å². The lowest BCUT2D eigenvalue weighted by Gasteiger charge is -2.13. The molecule has 0 spiro atoms. The normalized spacial score (nSPS) is 11.6. The van der Waals surface area contributed by atoms with Gasteiger partial charge in [-0.15, -0.1) is 10.2 Å². The van der Waals surface area contributed by atoms with Gasteiger partial charge in [-0.3, -0.25) is 9.20 Å². The van der Waals surface area contributed by atoms with Crippen molar-refractivity contribution in [3.05, 3.63) is 75.7 Å². The van der Waals surface area contributed by atoms with Crippen LogP contribution in [0.15, 0.2) is 56.9 Å². The van der Waals surface area contributed by atoms with Gasteiger partial charge in [0.25, 0.3) is 5.56 Å². The molecule has 3 heterocycles. The molecule has 0 aliphatic carbocycles. The number of rotatable bonds is 7. The van der Waals surface area contributed by atoms with Crippen molar-refractivity contribution in [2.75, 3.05) is 0 Å². The highest BCUT2D eigenvalue weighted by atomic mass is 32.2. The molecule has 5 rings (SSSR count). The van der Waals surface area contributed by atoms with E-state index in [0.29, 0.717) is 28.0 Å². The Bertz CT molecular complexity index is 1520. The summed E-state index contributed by atoms with van der Waals surface area (Å²) >= 11 is 1.46. The van der Waals surface area contributed by atoms with Gasteiger partial charge in [-0.25, -0.2) is 4.57 Å². The number of fused-ring (bicyclic) bond motifs is 3. The van der Waals surface area contributed by atoms with Gasteiger partial charge in [0, 0.05) is 6.42 Å². The van der Waals surface area contributed by atoms with Gasteiger partial charge in [0.2, 0.25) is 11.7 Å². The predicted octanol–water partition coefficient (Wildman–Crippen LogP) is 4.67. The van der Waals surface area contributed by atoms with E-state index in [1.807, 2.05) is 60.7 Å². The number of unbranched alkanes of at least 4 members (excludes halogenated alkanes) is 1. The van der Waals surface area contributed by atoms with Gasteiger partial charge in [-0.1, -0.05) is 54.5 Å². The summed E-state index contributed by atoms with van der Waals surface area (Å²) < 4.78 is 8.98. The molecule has 9 heteroatoms. The van der Waals surface area contributed by atoms with Crippen molar-refractivity contribution in [1.82, 2.24) is 29.3 Å². The SMILES string of the molecule is CCCCc1noc(CSc2nnc3n(-c4cc(C)ccc4C)c(=O)c4ccccc4n23)n1. The molecule has 0 fully saturated rings. The van der Waals surface area contributed by atoms with Gasteiger partial charge in [-0.05, 0) is 49.6 Å². The molecule has 0 saturated heterocycles. The van der Waals surface area contributed by atoms with Gasteiger partial charge >= 0.3 is 0 Å². The molecule has 0 saturated carbocycles. The van der Waals surface area contributed by atoms with Crippen molar-refractivity contribution in [3.63, 3.8) is 0 Å². The van der Waals surface area contributed by atoms with Crippen LogP contribution in [0.25, 0.3) is 22.4 Å². The summed E-state index contributed by atoms with van der Waals surface area (Å²) in [5, 5.41) is 14.2. The van der Waals surface area contributed by atoms with Gasteiger partial charge in [0.15, 0.2) is 11.0 Å². The molecule has 2 aromatic carbocycles. The van der Waals surface area contributed by atoms with Crippen LogP contribution in [-0.4, -0.2) is 29.3 Å². The predicted molar refractivity (Wildman–Crippen MR) is 128 cm³/mol. The third-order valence-electron chi connectivity index (χ3n) is 5.59. The summed E-state index contributed by atoms with van der Waals surface area (Å²) in [7, 11) is 0. The van der Waals surface area contributed by atoms with E-state index in [0.717, 1.165) is 47.4 Å². The van der Waals surface area contributed by atoms with Gasteiger partial charge in [0.05, 0.1) is 22.3 Å². The standard InChI is InChI=1S/C24H24N6O2S/c1-4-5-10-20-25-21(32-28-20)14-33-24-27-26-23-29(19-13-15(2)11-12-16(19)3)22(31)17-8-6-7-9-18(17)30(23)24/h6-9,11-13H,4-5,10,14H2,1-3H3. The molecule has 0 unspecified atom stereocenters. The van der Waals surface area contributed by atoms with E-state index in [1.54, 1.807) is 4.57 Å². The minimum absolute atomic E-state index is 0.117. The summed E-state index contributed by atoms with van der Waals surface area (Å²) in [4.78, 5) is 18.0. The third-order valence-corrected chi connectivity index (χ3v) is 6.50. The third kappa shape index (κ3) is 3.93. The zero-order valence-corrected chi connectivity index (χ0v) is 19.6. The fraction of sp³-hybridized carbons (Fsp3) is 0.292. The number of benzene rings is 2. The molecule has 168 valence electrons.